The predicted octanol–water partition coefficient (Wildman–Crippen LogP) is 4.53. The number of hydrogen-bond donors (Lipinski definition) is 1. The van der Waals surface area contributed by atoms with Crippen LogP contribution in [0.3, 0.4) is 0 Å². The molecule has 2 heterocycles. The van der Waals surface area contributed by atoms with Gasteiger partial charge in [0, 0.05) is 12.4 Å². The van der Waals surface area contributed by atoms with E-state index < -0.39 is 16.1 Å². The fourth-order valence-electron chi connectivity index (χ4n) is 4.35. The van der Waals surface area contributed by atoms with Crippen molar-refractivity contribution in [2.75, 3.05) is 18.9 Å². The summed E-state index contributed by atoms with van der Waals surface area (Å²) in [5, 5.41) is 8.43. The molecule has 4 aromatic rings. The first kappa shape index (κ1) is 23.8. The van der Waals surface area contributed by atoms with Gasteiger partial charge in [-0.2, -0.15) is 13.9 Å². The molecular formula is C24H22F2N4O5S. The Balaban J connectivity index is 1.52. The summed E-state index contributed by atoms with van der Waals surface area (Å²) in [6.07, 6.45) is 2.31. The van der Waals surface area contributed by atoms with E-state index >= 15 is 0 Å². The number of fused-ring (bicyclic) bond motifs is 2. The molecule has 0 saturated carbocycles. The van der Waals surface area contributed by atoms with Crippen molar-refractivity contribution in [1.29, 1.82) is 0 Å². The van der Waals surface area contributed by atoms with Crippen LogP contribution >= 0.6 is 0 Å². The Labute approximate surface area is 205 Å². The summed E-state index contributed by atoms with van der Waals surface area (Å²) < 4.78 is 73.6. The summed E-state index contributed by atoms with van der Waals surface area (Å²) in [6.45, 7) is 0.448. The average Bonchev–Trinajstić information content (AvgIpc) is 3.52. The van der Waals surface area contributed by atoms with Gasteiger partial charge in [0.2, 0.25) is 0 Å². The normalized spacial score (nSPS) is 13.5. The van der Waals surface area contributed by atoms with Crippen molar-refractivity contribution in [3.05, 3.63) is 71.1 Å². The summed E-state index contributed by atoms with van der Waals surface area (Å²) in [5.74, 6) is 0.400. The summed E-state index contributed by atoms with van der Waals surface area (Å²) in [5.41, 5.74) is 2.42. The van der Waals surface area contributed by atoms with Crippen molar-refractivity contribution in [3.63, 3.8) is 0 Å². The molecule has 0 spiro atoms. The second kappa shape index (κ2) is 9.26. The molecule has 0 atom stereocenters. The molecule has 0 unspecified atom stereocenters. The van der Waals surface area contributed by atoms with Crippen LogP contribution < -0.4 is 14.2 Å². The number of aryl methyl sites for hydroxylation is 1. The third-order valence-electron chi connectivity index (χ3n) is 6.10. The lowest BCUT2D eigenvalue weighted by atomic mass is 9.88. The van der Waals surface area contributed by atoms with Gasteiger partial charge in [0.15, 0.2) is 11.4 Å². The highest BCUT2D eigenvalue weighted by atomic mass is 32.2. The Hall–Kier alpha value is -3.93. The summed E-state index contributed by atoms with van der Waals surface area (Å²) in [6, 6.07) is 8.23. The highest BCUT2D eigenvalue weighted by molar-refractivity contribution is 7.92. The molecule has 0 bridgehead atoms. The topological polar surface area (TPSA) is 108 Å². The van der Waals surface area contributed by atoms with Gasteiger partial charge in [0.1, 0.15) is 21.8 Å². The SMILES string of the molecule is COc1cc2c(cc1S(=O)(=O)Nc1noc3cc(Cn4cccn4)cc(OC)c13)CC(=C(F)F)CC2. The van der Waals surface area contributed by atoms with Gasteiger partial charge in [0.05, 0.1) is 20.8 Å². The molecule has 0 fully saturated rings. The van der Waals surface area contributed by atoms with Crippen LogP contribution in [0.2, 0.25) is 0 Å². The zero-order chi connectivity index (χ0) is 25.4. The van der Waals surface area contributed by atoms with Crippen molar-refractivity contribution >= 4 is 26.8 Å². The van der Waals surface area contributed by atoms with Gasteiger partial charge in [-0.3, -0.25) is 9.40 Å². The Morgan fingerprint density at radius 1 is 1.11 bits per heavy atom. The standard InChI is InChI=1S/C24H22F2N4O5S/c1-33-18-11-15-4-5-16(23(25)26)10-17(15)12-21(18)36(31,32)29-24-22-19(34-2)8-14(9-20(22)35-28-24)13-30-7-3-6-27-30/h3,6-9,11-12H,4-5,10,13H2,1-2H3,(H,28,29). The lowest BCUT2D eigenvalue weighted by Gasteiger charge is -2.21. The maximum absolute atomic E-state index is 13.4. The fourth-order valence-corrected chi connectivity index (χ4v) is 5.56. The first-order chi connectivity index (χ1) is 17.3. The largest absolute Gasteiger partial charge is 0.496 e. The van der Waals surface area contributed by atoms with Gasteiger partial charge in [0.25, 0.3) is 16.1 Å². The van der Waals surface area contributed by atoms with E-state index in [1.165, 1.54) is 20.3 Å². The number of nitrogens with zero attached hydrogens (tertiary/aromatic N) is 3. The quantitative estimate of drug-likeness (QED) is 0.384. The number of anilines is 1. The van der Waals surface area contributed by atoms with E-state index in [0.717, 1.165) is 11.1 Å². The first-order valence-corrected chi connectivity index (χ1v) is 12.5. The Morgan fingerprint density at radius 2 is 1.92 bits per heavy atom. The molecule has 1 aliphatic carbocycles. The van der Waals surface area contributed by atoms with Gasteiger partial charge in [-0.25, -0.2) is 8.42 Å². The Morgan fingerprint density at radius 3 is 2.61 bits per heavy atom. The maximum Gasteiger partial charge on any atom is 0.269 e. The number of allylic oxidation sites excluding steroid dienone is 1. The zero-order valence-electron chi connectivity index (χ0n) is 19.4. The third-order valence-corrected chi connectivity index (χ3v) is 7.46. The molecule has 9 nitrogen and oxygen atoms in total. The Kier molecular flexibility index (Phi) is 6.12. The number of rotatable bonds is 7. The molecule has 5 rings (SSSR count). The number of methoxy groups -OCH3 is 2. The number of ether oxygens (including phenoxy) is 2. The fraction of sp³-hybridized carbons (Fsp3) is 0.250. The van der Waals surface area contributed by atoms with E-state index in [2.05, 4.69) is 15.0 Å². The lowest BCUT2D eigenvalue weighted by Crippen LogP contribution is -2.17. The van der Waals surface area contributed by atoms with E-state index in [4.69, 9.17) is 14.0 Å². The van der Waals surface area contributed by atoms with Crippen LogP contribution in [0.4, 0.5) is 14.6 Å². The number of benzene rings is 2. The molecule has 1 aliphatic rings. The van der Waals surface area contributed by atoms with E-state index in [-0.39, 0.29) is 34.9 Å². The summed E-state index contributed by atoms with van der Waals surface area (Å²) in [7, 11) is -1.42. The molecule has 12 heteroatoms. The highest BCUT2D eigenvalue weighted by Gasteiger charge is 2.28. The molecule has 0 saturated heterocycles. The van der Waals surface area contributed by atoms with Gasteiger partial charge in [-0.1, -0.05) is 5.16 Å². The van der Waals surface area contributed by atoms with Gasteiger partial charge in [-0.05, 0) is 71.9 Å². The smallest absolute Gasteiger partial charge is 0.269 e. The van der Waals surface area contributed by atoms with Crippen molar-refractivity contribution in [3.8, 4) is 11.5 Å². The highest BCUT2D eigenvalue weighted by Crippen LogP contribution is 2.38. The maximum atomic E-state index is 13.4. The van der Waals surface area contributed by atoms with Crippen LogP contribution in [0.1, 0.15) is 23.1 Å². The zero-order valence-corrected chi connectivity index (χ0v) is 20.2. The minimum atomic E-state index is -4.24. The van der Waals surface area contributed by atoms with Crippen molar-refractivity contribution in [2.24, 2.45) is 0 Å². The van der Waals surface area contributed by atoms with E-state index in [0.29, 0.717) is 35.2 Å². The molecule has 2 aromatic carbocycles. The summed E-state index contributed by atoms with van der Waals surface area (Å²) in [4.78, 5) is -0.185. The number of halogens is 2. The van der Waals surface area contributed by atoms with E-state index in [1.54, 1.807) is 35.1 Å². The van der Waals surface area contributed by atoms with Crippen LogP contribution in [0.5, 0.6) is 11.5 Å². The van der Waals surface area contributed by atoms with Crippen LogP contribution in [-0.2, 0) is 29.4 Å². The Bertz CT molecular complexity index is 1580. The monoisotopic (exact) mass is 516 g/mol. The third kappa shape index (κ3) is 4.39. The van der Waals surface area contributed by atoms with Gasteiger partial charge >= 0.3 is 0 Å². The molecule has 0 radical (unpaired) electrons. The molecule has 0 aliphatic heterocycles. The van der Waals surface area contributed by atoms with Crippen LogP contribution in [-0.4, -0.2) is 37.6 Å². The van der Waals surface area contributed by atoms with Crippen molar-refractivity contribution in [2.45, 2.75) is 30.7 Å². The first-order valence-electron chi connectivity index (χ1n) is 11.0. The van der Waals surface area contributed by atoms with Crippen LogP contribution in [0, 0.1) is 0 Å². The van der Waals surface area contributed by atoms with Gasteiger partial charge < -0.3 is 14.0 Å². The van der Waals surface area contributed by atoms with Gasteiger partial charge in [-0.15, -0.1) is 0 Å². The summed E-state index contributed by atoms with van der Waals surface area (Å²) >= 11 is 0. The average molecular weight is 517 g/mol. The van der Waals surface area contributed by atoms with Crippen molar-refractivity contribution in [1.82, 2.24) is 14.9 Å². The number of aromatic nitrogens is 3. The molecule has 188 valence electrons. The second-order valence-electron chi connectivity index (χ2n) is 8.32. The molecule has 0 amide bonds. The number of nitrogens with one attached hydrogen (secondary N) is 1. The molecule has 1 N–H and O–H groups in total. The van der Waals surface area contributed by atoms with E-state index in [1.807, 2.05) is 6.20 Å². The predicted molar refractivity (Wildman–Crippen MR) is 127 cm³/mol. The molecular weight excluding hydrogens is 494 g/mol. The van der Waals surface area contributed by atoms with Crippen LogP contribution in [0.15, 0.2) is 63.8 Å². The molecule has 2 aromatic heterocycles. The second-order valence-corrected chi connectivity index (χ2v) is 9.97. The lowest BCUT2D eigenvalue weighted by molar-refractivity contribution is 0.399. The number of sulfonamides is 1. The minimum Gasteiger partial charge on any atom is -0.496 e. The minimum absolute atomic E-state index is 0.00196. The number of hydrogen-bond acceptors (Lipinski definition) is 7. The van der Waals surface area contributed by atoms with Crippen LogP contribution in [0.25, 0.3) is 11.0 Å². The molecule has 36 heavy (non-hydrogen) atoms. The van der Waals surface area contributed by atoms with E-state index in [9.17, 15) is 17.2 Å². The van der Waals surface area contributed by atoms with Crippen molar-refractivity contribution < 1.29 is 31.2 Å².